The molecule has 72 heavy (non-hydrogen) atoms. The normalized spacial score (nSPS) is 22.3. The van der Waals surface area contributed by atoms with Gasteiger partial charge >= 0.3 is 23.8 Å². The van der Waals surface area contributed by atoms with Crippen molar-refractivity contribution in [2.24, 2.45) is 17.3 Å². The van der Waals surface area contributed by atoms with Gasteiger partial charge in [-0.3, -0.25) is 39.0 Å². The Morgan fingerprint density at radius 3 is 2.42 bits per heavy atom. The van der Waals surface area contributed by atoms with Gasteiger partial charge in [-0.25, -0.2) is 9.78 Å². The molecule has 0 bridgehead atoms. The SMILES string of the molecule is C=CC[C@H]1C(=O)C(C)(C)[C@@H](OC(=O)OCc2ccc(OC(=O)CCCCCN3C(=O)C=CC3=O)c([N+](=O)[O-])c2)CC(=O)O[C@H](c2ccc3sc(C)nc3c2)C/C=C(/C)CCC[C@H](C)[C@@H]1O[Si](C)(C)C(C)(C)C. The molecule has 0 fully saturated rings. The Morgan fingerprint density at radius 1 is 1.04 bits per heavy atom. The van der Waals surface area contributed by atoms with Gasteiger partial charge in [-0.2, -0.15) is 0 Å². The number of aromatic nitrogens is 1. The first kappa shape index (κ1) is 57.1. The van der Waals surface area contributed by atoms with E-state index in [1.165, 1.54) is 24.3 Å². The molecule has 5 rings (SSSR count). The number of aryl methyl sites for hydroxylation is 1. The van der Waals surface area contributed by atoms with Gasteiger partial charge in [0.15, 0.2) is 8.32 Å². The standard InChI is InChI=1S/C54H71N3O13SSi/c1-12-17-39-50(70-72(10,11)53(5,6)7)35(3)19-16-18-34(2)21-24-42(38-23-26-44-40(31-38)55-36(4)71-44)67-49(61)32-45(54(8,9)51(39)62)69-52(63)66-33-37-22-25-43(41(30-37)57(64)65)68-48(60)20-14-13-15-29-56-46(58)27-28-47(56)59/h12,21-23,25-28,30-31,35,39,42,45,50H,1,13-20,24,29,32-33H2,2-11H3/b34-21-/t35-,39+,42-,45-,50-/m0/s1. The van der Waals surface area contributed by atoms with Crippen molar-refractivity contribution in [3.8, 4) is 5.75 Å². The molecular formula is C54H71N3O13SSi. The van der Waals surface area contributed by atoms with E-state index in [2.05, 4.69) is 65.4 Å². The minimum Gasteiger partial charge on any atom is -0.457 e. The molecule has 0 radical (unpaired) electrons. The van der Waals surface area contributed by atoms with Crippen LogP contribution in [0, 0.1) is 34.3 Å². The molecule has 2 aromatic carbocycles. The fourth-order valence-corrected chi connectivity index (χ4v) is 10.9. The van der Waals surface area contributed by atoms with Gasteiger partial charge < -0.3 is 23.4 Å². The topological polar surface area (TPSA) is 208 Å². The first-order chi connectivity index (χ1) is 33.8. The number of thiazole rings is 1. The van der Waals surface area contributed by atoms with Gasteiger partial charge in [-0.15, -0.1) is 17.9 Å². The number of esters is 2. The summed E-state index contributed by atoms with van der Waals surface area (Å²) in [5, 5.41) is 12.9. The second kappa shape index (κ2) is 24.7. The van der Waals surface area contributed by atoms with Crippen LogP contribution in [0.1, 0.15) is 135 Å². The highest BCUT2D eigenvalue weighted by Crippen LogP contribution is 2.43. The van der Waals surface area contributed by atoms with Crippen LogP contribution in [-0.4, -0.2) is 77.6 Å². The molecule has 0 aliphatic carbocycles. The van der Waals surface area contributed by atoms with Gasteiger partial charge in [0.2, 0.25) is 5.75 Å². The summed E-state index contributed by atoms with van der Waals surface area (Å²) in [5.41, 5.74) is 0.734. The number of cyclic esters (lactones) is 1. The third-order valence-electron chi connectivity index (χ3n) is 14.0. The predicted molar refractivity (Wildman–Crippen MR) is 276 cm³/mol. The van der Waals surface area contributed by atoms with Crippen molar-refractivity contribution >= 4 is 71.2 Å². The zero-order valence-electron chi connectivity index (χ0n) is 43.4. The fraction of sp³-hybridized carbons (Fsp3) is 0.537. The van der Waals surface area contributed by atoms with Crippen molar-refractivity contribution in [1.29, 1.82) is 0 Å². The van der Waals surface area contributed by atoms with Crippen LogP contribution in [0.15, 0.2) is 72.9 Å². The third kappa shape index (κ3) is 15.1. The van der Waals surface area contributed by atoms with Crippen LogP contribution < -0.4 is 4.74 Å². The largest absolute Gasteiger partial charge is 0.508 e. The number of nitro groups is 1. The Kier molecular flexibility index (Phi) is 19.6. The molecule has 2 amide bonds. The van der Waals surface area contributed by atoms with Crippen LogP contribution in [0.5, 0.6) is 5.75 Å². The number of imide groups is 1. The molecule has 5 atom stereocenters. The van der Waals surface area contributed by atoms with Crippen LogP contribution >= 0.6 is 11.3 Å². The lowest BCUT2D eigenvalue weighted by molar-refractivity contribution is -0.385. The van der Waals surface area contributed by atoms with E-state index in [9.17, 15) is 34.1 Å². The average Bonchev–Trinajstić information content (AvgIpc) is 3.84. The molecule has 18 heteroatoms. The van der Waals surface area contributed by atoms with E-state index in [0.29, 0.717) is 25.7 Å². The third-order valence-corrected chi connectivity index (χ3v) is 19.4. The quantitative estimate of drug-likeness (QED) is 0.0191. The van der Waals surface area contributed by atoms with Gasteiger partial charge in [0.1, 0.15) is 24.6 Å². The molecule has 0 saturated carbocycles. The van der Waals surface area contributed by atoms with Crippen molar-refractivity contribution in [3.63, 3.8) is 0 Å². The van der Waals surface area contributed by atoms with E-state index in [1.807, 2.05) is 25.1 Å². The Labute approximate surface area is 427 Å². The van der Waals surface area contributed by atoms with E-state index in [4.69, 9.17) is 23.4 Å². The molecule has 2 aliphatic heterocycles. The summed E-state index contributed by atoms with van der Waals surface area (Å²) in [6.07, 6.45) is 6.04. The number of allylic oxidation sites excluding steroid dienone is 2. The molecule has 3 aromatic rings. The Bertz CT molecular complexity index is 2560. The van der Waals surface area contributed by atoms with Gasteiger partial charge in [0.25, 0.3) is 11.8 Å². The number of hydrogen-bond donors (Lipinski definition) is 0. The van der Waals surface area contributed by atoms with Gasteiger partial charge in [-0.05, 0) is 120 Å². The Hall–Kier alpha value is -5.85. The maximum atomic E-state index is 15.3. The van der Waals surface area contributed by atoms with Gasteiger partial charge in [-0.1, -0.05) is 64.0 Å². The number of nitrogens with zero attached hydrogens (tertiary/aromatic N) is 3. The summed E-state index contributed by atoms with van der Waals surface area (Å²) < 4.78 is 31.3. The van der Waals surface area contributed by atoms with Crippen molar-refractivity contribution in [1.82, 2.24) is 9.88 Å². The van der Waals surface area contributed by atoms with E-state index in [-0.39, 0.29) is 59.3 Å². The summed E-state index contributed by atoms with van der Waals surface area (Å²) in [5.74, 6) is -3.61. The smallest absolute Gasteiger partial charge is 0.457 e. The number of ether oxygens (including phenoxy) is 4. The number of carbonyl (C=O) groups excluding carboxylic acids is 6. The lowest BCUT2D eigenvalue weighted by Gasteiger charge is -2.45. The van der Waals surface area contributed by atoms with Crippen molar-refractivity contribution < 1.29 is 57.1 Å². The van der Waals surface area contributed by atoms with Crippen molar-refractivity contribution in [2.45, 2.75) is 163 Å². The minimum atomic E-state index is -2.48. The van der Waals surface area contributed by atoms with E-state index >= 15 is 4.79 Å². The maximum Gasteiger partial charge on any atom is 0.508 e. The molecule has 390 valence electrons. The number of rotatable bonds is 16. The number of benzene rings is 2. The first-order valence-corrected chi connectivity index (χ1v) is 28.4. The fourth-order valence-electron chi connectivity index (χ4n) is 8.63. The number of fused-ring (bicyclic) bond motifs is 1. The number of ketones is 1. The highest BCUT2D eigenvalue weighted by atomic mass is 32.1. The van der Waals surface area contributed by atoms with E-state index < -0.39 is 79.7 Å². The molecule has 0 N–H and O–H groups in total. The molecule has 2 aliphatic rings. The number of amides is 2. The summed E-state index contributed by atoms with van der Waals surface area (Å²) in [6, 6.07) is 9.50. The second-order valence-corrected chi connectivity index (χ2v) is 27.0. The molecular weight excluding hydrogens is 959 g/mol. The van der Waals surface area contributed by atoms with E-state index in [1.54, 1.807) is 31.3 Å². The zero-order valence-corrected chi connectivity index (χ0v) is 45.2. The summed E-state index contributed by atoms with van der Waals surface area (Å²) in [6.45, 7) is 23.8. The van der Waals surface area contributed by atoms with Crippen LogP contribution in [0.4, 0.5) is 10.5 Å². The van der Waals surface area contributed by atoms with Crippen molar-refractivity contribution in [2.75, 3.05) is 6.54 Å². The number of hydrogen-bond acceptors (Lipinski definition) is 15. The molecule has 0 spiro atoms. The summed E-state index contributed by atoms with van der Waals surface area (Å²) >= 11 is 1.56. The lowest BCUT2D eigenvalue weighted by Crippen LogP contribution is -2.52. The zero-order chi connectivity index (χ0) is 53.1. The number of carbonyl (C=O) groups is 6. The minimum absolute atomic E-state index is 0.0606. The second-order valence-electron chi connectivity index (χ2n) is 21.0. The highest BCUT2D eigenvalue weighted by Gasteiger charge is 2.49. The van der Waals surface area contributed by atoms with Crippen LogP contribution in [-0.2, 0) is 49.2 Å². The monoisotopic (exact) mass is 1030 g/mol. The Balaban J connectivity index is 1.39. The predicted octanol–water partition coefficient (Wildman–Crippen LogP) is 11.9. The number of nitro benzene ring substituents is 1. The molecule has 16 nitrogen and oxygen atoms in total. The summed E-state index contributed by atoms with van der Waals surface area (Å²) in [7, 11) is -2.48. The Morgan fingerprint density at radius 2 is 1.75 bits per heavy atom. The van der Waals surface area contributed by atoms with Gasteiger partial charge in [0, 0.05) is 43.5 Å². The van der Waals surface area contributed by atoms with Crippen molar-refractivity contribution in [3.05, 3.63) is 99.1 Å². The molecule has 0 saturated heterocycles. The summed E-state index contributed by atoms with van der Waals surface area (Å²) in [4.78, 5) is 96.8. The van der Waals surface area contributed by atoms with Crippen LogP contribution in [0.3, 0.4) is 0 Å². The average molecular weight is 1030 g/mol. The lowest BCUT2D eigenvalue weighted by atomic mass is 9.71. The van der Waals surface area contributed by atoms with Crippen LogP contribution in [0.2, 0.25) is 18.1 Å². The highest BCUT2D eigenvalue weighted by molar-refractivity contribution is 7.18. The van der Waals surface area contributed by atoms with E-state index in [0.717, 1.165) is 56.6 Å². The molecule has 1 aromatic heterocycles. The number of Topliss-reactive ketones (excluding diaryl/α,β-unsaturated/α-hetero) is 1. The van der Waals surface area contributed by atoms with Crippen LogP contribution in [0.25, 0.3) is 10.2 Å². The molecule has 0 unspecified atom stereocenters. The molecule has 3 heterocycles. The number of unbranched alkanes of at least 4 members (excludes halogenated alkanes) is 2. The first-order valence-electron chi connectivity index (χ1n) is 24.7. The maximum absolute atomic E-state index is 15.3. The van der Waals surface area contributed by atoms with Gasteiger partial charge in [0.05, 0.1) is 38.1 Å².